The van der Waals surface area contributed by atoms with Gasteiger partial charge in [0, 0.05) is 0 Å². The van der Waals surface area contributed by atoms with Gasteiger partial charge < -0.3 is 14.8 Å². The Bertz CT molecular complexity index is 569. The Morgan fingerprint density at radius 2 is 1.83 bits per heavy atom. The van der Waals surface area contributed by atoms with Crippen LogP contribution in [0.2, 0.25) is 0 Å². The fourth-order valence-corrected chi connectivity index (χ4v) is 3.89. The molecule has 6 nitrogen and oxygen atoms in total. The van der Waals surface area contributed by atoms with Crippen LogP contribution in [0, 0.1) is 0 Å². The number of carboxylic acid groups (broad SMARTS) is 1. The molecule has 0 atom stereocenters. The van der Waals surface area contributed by atoms with Gasteiger partial charge in [-0.25, -0.2) is 4.79 Å². The van der Waals surface area contributed by atoms with E-state index in [2.05, 4.69) is 10.2 Å². The highest BCUT2D eigenvalue weighted by atomic mass is 16.4. The lowest BCUT2D eigenvalue weighted by atomic mass is 9.79. The average molecular weight is 320 g/mol. The third kappa shape index (κ3) is 3.27. The van der Waals surface area contributed by atoms with Crippen LogP contribution >= 0.6 is 0 Å². The predicted octanol–water partition coefficient (Wildman–Crippen LogP) is 2.39. The Labute approximate surface area is 135 Å². The number of carbonyl (C=O) groups excluding carboxylic acids is 1. The number of furan rings is 1. The Balaban J connectivity index is 1.67. The Morgan fingerprint density at radius 1 is 1.13 bits per heavy atom. The van der Waals surface area contributed by atoms with E-state index in [-0.39, 0.29) is 23.8 Å². The Kier molecular flexibility index (Phi) is 4.71. The first-order valence-corrected chi connectivity index (χ1v) is 8.47. The number of likely N-dealkylation sites (tertiary alicyclic amines) is 1. The molecule has 2 heterocycles. The van der Waals surface area contributed by atoms with Gasteiger partial charge in [-0.2, -0.15) is 0 Å². The van der Waals surface area contributed by atoms with E-state index in [0.717, 1.165) is 51.6 Å². The van der Waals surface area contributed by atoms with Crippen LogP contribution in [0.4, 0.5) is 0 Å². The minimum absolute atomic E-state index is 0.0624. The highest BCUT2D eigenvalue weighted by molar-refractivity contribution is 5.86. The molecular formula is C17H24N2O4. The van der Waals surface area contributed by atoms with Gasteiger partial charge in [-0.05, 0) is 50.9 Å². The molecule has 0 unspecified atom stereocenters. The lowest BCUT2D eigenvalue weighted by Crippen LogP contribution is -2.58. The predicted molar refractivity (Wildman–Crippen MR) is 84.1 cm³/mol. The molecule has 1 aromatic rings. The van der Waals surface area contributed by atoms with Crippen LogP contribution in [0.5, 0.6) is 0 Å². The molecule has 1 saturated carbocycles. The highest BCUT2D eigenvalue weighted by Gasteiger charge is 2.45. The molecule has 0 spiro atoms. The summed E-state index contributed by atoms with van der Waals surface area (Å²) in [6.45, 7) is 2.23. The van der Waals surface area contributed by atoms with Gasteiger partial charge in [0.05, 0.1) is 6.54 Å². The van der Waals surface area contributed by atoms with E-state index >= 15 is 0 Å². The van der Waals surface area contributed by atoms with Crippen LogP contribution in [0.25, 0.3) is 0 Å². The number of hydrogen-bond donors (Lipinski definition) is 2. The molecule has 1 amide bonds. The minimum atomic E-state index is -1.09. The monoisotopic (exact) mass is 320 g/mol. The summed E-state index contributed by atoms with van der Waals surface area (Å²) in [7, 11) is 0. The van der Waals surface area contributed by atoms with Crippen LogP contribution < -0.4 is 5.32 Å². The molecule has 2 fully saturated rings. The summed E-state index contributed by atoms with van der Waals surface area (Å²) in [5, 5.41) is 11.8. The molecule has 3 rings (SSSR count). The van der Waals surface area contributed by atoms with E-state index in [9.17, 15) is 9.59 Å². The van der Waals surface area contributed by atoms with Crippen molar-refractivity contribution in [3.63, 3.8) is 0 Å². The topological polar surface area (TPSA) is 82.8 Å². The van der Waals surface area contributed by atoms with Crippen LogP contribution in [0.15, 0.2) is 16.5 Å². The van der Waals surface area contributed by atoms with Crippen LogP contribution in [-0.2, 0) is 11.3 Å². The molecule has 1 aliphatic heterocycles. The second kappa shape index (κ2) is 6.74. The van der Waals surface area contributed by atoms with Crippen molar-refractivity contribution < 1.29 is 19.1 Å². The summed E-state index contributed by atoms with van der Waals surface area (Å²) in [5.41, 5.74) is -0.378. The molecule has 126 valence electrons. The van der Waals surface area contributed by atoms with Crippen molar-refractivity contribution >= 4 is 11.9 Å². The largest absolute Gasteiger partial charge is 0.475 e. The summed E-state index contributed by atoms with van der Waals surface area (Å²) < 4.78 is 5.21. The molecule has 0 aromatic carbocycles. The molecule has 23 heavy (non-hydrogen) atoms. The number of nitrogens with zero attached hydrogens (tertiary/aromatic N) is 1. The molecule has 1 aromatic heterocycles. The molecule has 2 aliphatic rings. The number of nitrogens with one attached hydrogen (secondary N) is 1. The zero-order valence-electron chi connectivity index (χ0n) is 13.3. The van der Waals surface area contributed by atoms with E-state index in [4.69, 9.17) is 9.52 Å². The third-order valence-corrected chi connectivity index (χ3v) is 5.11. The third-order valence-electron chi connectivity index (χ3n) is 5.11. The molecule has 0 radical (unpaired) electrons. The maximum Gasteiger partial charge on any atom is 0.371 e. The van der Waals surface area contributed by atoms with E-state index in [1.807, 2.05) is 0 Å². The smallest absolute Gasteiger partial charge is 0.371 e. The number of amides is 1. The number of aromatic carboxylic acids is 1. The molecule has 6 heteroatoms. The van der Waals surface area contributed by atoms with Crippen molar-refractivity contribution in [3.05, 3.63) is 23.7 Å². The summed E-state index contributed by atoms with van der Waals surface area (Å²) in [6, 6.07) is 3.02. The first kappa shape index (κ1) is 16.1. The van der Waals surface area contributed by atoms with Crippen LogP contribution in [-0.4, -0.2) is 40.5 Å². The van der Waals surface area contributed by atoms with Crippen molar-refractivity contribution in [2.45, 2.75) is 57.0 Å². The summed E-state index contributed by atoms with van der Waals surface area (Å²) in [6.07, 6.45) is 7.53. The number of carboxylic acids is 1. The Hall–Kier alpha value is -1.82. The van der Waals surface area contributed by atoms with Crippen molar-refractivity contribution in [2.75, 3.05) is 13.1 Å². The lowest BCUT2D eigenvalue weighted by molar-refractivity contribution is -0.135. The SMILES string of the molecule is O=C(O)c1ccc(CNC(=O)C2(N3CCCC3)CCCCC2)o1. The zero-order chi connectivity index (χ0) is 16.3. The number of rotatable bonds is 5. The number of hydrogen-bond acceptors (Lipinski definition) is 4. The van der Waals surface area contributed by atoms with Gasteiger partial charge in [-0.1, -0.05) is 19.3 Å². The standard InChI is InChI=1S/C17H24N2O4/c20-15(21)14-7-6-13(23-14)12-18-16(22)17(8-2-1-3-9-17)19-10-4-5-11-19/h6-7H,1-5,8-12H2,(H,18,22)(H,20,21). The number of carbonyl (C=O) groups is 2. The van der Waals surface area contributed by atoms with Crippen LogP contribution in [0.1, 0.15) is 61.3 Å². The molecule has 1 aliphatic carbocycles. The van der Waals surface area contributed by atoms with Gasteiger partial charge in [-0.3, -0.25) is 9.69 Å². The van der Waals surface area contributed by atoms with Gasteiger partial charge in [0.1, 0.15) is 11.3 Å². The van der Waals surface area contributed by atoms with E-state index in [0.29, 0.717) is 5.76 Å². The second-order valence-electron chi connectivity index (χ2n) is 6.54. The summed E-state index contributed by atoms with van der Waals surface area (Å²) >= 11 is 0. The van der Waals surface area contributed by atoms with Crippen molar-refractivity contribution in [1.29, 1.82) is 0 Å². The van der Waals surface area contributed by atoms with Gasteiger partial charge in [-0.15, -0.1) is 0 Å². The molecule has 0 bridgehead atoms. The van der Waals surface area contributed by atoms with Gasteiger partial charge in [0.15, 0.2) is 0 Å². The van der Waals surface area contributed by atoms with E-state index < -0.39 is 5.97 Å². The molecular weight excluding hydrogens is 296 g/mol. The first-order valence-electron chi connectivity index (χ1n) is 8.47. The zero-order valence-corrected chi connectivity index (χ0v) is 13.3. The average Bonchev–Trinajstić information content (AvgIpc) is 3.25. The Morgan fingerprint density at radius 3 is 2.43 bits per heavy atom. The van der Waals surface area contributed by atoms with Gasteiger partial charge in [0.25, 0.3) is 0 Å². The van der Waals surface area contributed by atoms with E-state index in [1.165, 1.54) is 12.5 Å². The maximum absolute atomic E-state index is 12.9. The van der Waals surface area contributed by atoms with E-state index in [1.54, 1.807) is 6.07 Å². The fourth-order valence-electron chi connectivity index (χ4n) is 3.89. The molecule has 1 saturated heterocycles. The maximum atomic E-state index is 12.9. The van der Waals surface area contributed by atoms with Crippen molar-refractivity contribution in [3.8, 4) is 0 Å². The summed E-state index contributed by atoms with van der Waals surface area (Å²) in [4.78, 5) is 26.1. The van der Waals surface area contributed by atoms with Crippen molar-refractivity contribution in [2.24, 2.45) is 0 Å². The second-order valence-corrected chi connectivity index (χ2v) is 6.54. The minimum Gasteiger partial charge on any atom is -0.475 e. The van der Waals surface area contributed by atoms with Gasteiger partial charge in [0.2, 0.25) is 11.7 Å². The van der Waals surface area contributed by atoms with Gasteiger partial charge >= 0.3 is 5.97 Å². The van der Waals surface area contributed by atoms with Crippen molar-refractivity contribution in [1.82, 2.24) is 10.2 Å². The first-order chi connectivity index (χ1) is 11.1. The molecule has 2 N–H and O–H groups in total. The fraction of sp³-hybridized carbons (Fsp3) is 0.647. The quantitative estimate of drug-likeness (QED) is 0.870. The highest BCUT2D eigenvalue weighted by Crippen LogP contribution is 2.36. The lowest BCUT2D eigenvalue weighted by Gasteiger charge is -2.43. The van der Waals surface area contributed by atoms with Crippen LogP contribution in [0.3, 0.4) is 0 Å². The summed E-state index contributed by atoms with van der Waals surface area (Å²) in [5.74, 6) is -0.653. The normalized spacial score (nSPS) is 21.2.